The van der Waals surface area contributed by atoms with E-state index >= 15 is 0 Å². The van der Waals surface area contributed by atoms with Crippen molar-refractivity contribution in [2.75, 3.05) is 11.1 Å². The smallest absolute Gasteiger partial charge is 0.253 e. The summed E-state index contributed by atoms with van der Waals surface area (Å²) >= 11 is 16.9. The van der Waals surface area contributed by atoms with Crippen LogP contribution in [0.3, 0.4) is 0 Å². The van der Waals surface area contributed by atoms with E-state index in [0.29, 0.717) is 34.5 Å². The fraction of sp³-hybridized carbons (Fsp3) is 0.308. The lowest BCUT2D eigenvalue weighted by molar-refractivity contribution is -0.113. The Labute approximate surface area is 239 Å². The average molecular weight is 625 g/mol. The number of aryl methyl sites for hydroxylation is 1. The minimum absolute atomic E-state index is 0.145. The highest BCUT2D eigenvalue weighted by Gasteiger charge is 2.25. The maximum absolute atomic E-state index is 13.1. The number of hydrogen-bond donors (Lipinski definition) is 2. The molecule has 0 aliphatic carbocycles. The molecule has 3 rings (SSSR count). The molecular formula is C26H28BrCl2N5O2S. The summed E-state index contributed by atoms with van der Waals surface area (Å²) in [6.45, 7) is 10.3. The van der Waals surface area contributed by atoms with Crippen molar-refractivity contribution in [2.45, 2.75) is 44.9 Å². The van der Waals surface area contributed by atoms with Crippen molar-refractivity contribution in [3.8, 4) is 0 Å². The molecule has 0 bridgehead atoms. The number of carbonyl (C=O) groups is 2. The summed E-state index contributed by atoms with van der Waals surface area (Å²) in [7, 11) is 0. The number of anilines is 1. The van der Waals surface area contributed by atoms with Crippen LogP contribution in [0, 0.1) is 12.8 Å². The Morgan fingerprint density at radius 3 is 2.59 bits per heavy atom. The van der Waals surface area contributed by atoms with Gasteiger partial charge in [0, 0.05) is 21.7 Å². The van der Waals surface area contributed by atoms with Crippen LogP contribution in [-0.4, -0.2) is 32.3 Å². The first kappa shape index (κ1) is 29.2. The van der Waals surface area contributed by atoms with E-state index in [1.54, 1.807) is 18.2 Å². The molecule has 2 N–H and O–H groups in total. The third-order valence-electron chi connectivity index (χ3n) is 5.35. The molecule has 1 atom stereocenters. The maximum atomic E-state index is 13.1. The summed E-state index contributed by atoms with van der Waals surface area (Å²) < 4.78 is 2.82. The van der Waals surface area contributed by atoms with Crippen LogP contribution < -0.4 is 10.6 Å². The number of nitrogens with one attached hydrogen (secondary N) is 2. The first-order valence-electron chi connectivity index (χ1n) is 11.6. The quantitative estimate of drug-likeness (QED) is 0.176. The molecule has 0 spiro atoms. The van der Waals surface area contributed by atoms with Gasteiger partial charge in [-0.1, -0.05) is 70.8 Å². The second kappa shape index (κ2) is 13.5. The van der Waals surface area contributed by atoms with Crippen LogP contribution in [0.1, 0.15) is 48.1 Å². The molecule has 0 aliphatic rings. The van der Waals surface area contributed by atoms with Crippen LogP contribution in [0.15, 0.2) is 58.7 Å². The van der Waals surface area contributed by atoms with Gasteiger partial charge in [-0.15, -0.1) is 16.8 Å². The molecule has 2 aromatic carbocycles. The zero-order valence-electron chi connectivity index (χ0n) is 20.7. The minimum atomic E-state index is -0.430. The summed E-state index contributed by atoms with van der Waals surface area (Å²) in [4.78, 5) is 25.7. The Morgan fingerprint density at radius 1 is 1.19 bits per heavy atom. The monoisotopic (exact) mass is 623 g/mol. The van der Waals surface area contributed by atoms with Gasteiger partial charge in [-0.25, -0.2) is 0 Å². The van der Waals surface area contributed by atoms with Gasteiger partial charge < -0.3 is 15.2 Å². The number of halogens is 3. The average Bonchev–Trinajstić information content (AvgIpc) is 3.21. The van der Waals surface area contributed by atoms with E-state index in [0.717, 1.165) is 15.7 Å². The van der Waals surface area contributed by atoms with Crippen molar-refractivity contribution in [1.82, 2.24) is 20.1 Å². The molecule has 1 heterocycles. The largest absolute Gasteiger partial charge is 0.342 e. The third kappa shape index (κ3) is 8.07. The molecule has 0 saturated heterocycles. The van der Waals surface area contributed by atoms with Gasteiger partial charge in [0.25, 0.3) is 5.91 Å². The molecule has 11 heteroatoms. The standard InChI is InChI=1S/C26H28BrCl2N5O2S/c1-5-10-34-24(22(11-15(2)3)31-25(36)19-8-7-18(28)13-20(19)29)32-33-26(34)37-14-23(35)30-21-9-6-17(27)12-16(21)4/h5-9,12-13,15,22H,1,10-11,14H2,2-4H3,(H,30,35)(H,31,36)/t22-/m1/s1. The van der Waals surface area contributed by atoms with E-state index in [1.165, 1.54) is 17.8 Å². The van der Waals surface area contributed by atoms with Crippen molar-refractivity contribution in [3.63, 3.8) is 0 Å². The van der Waals surface area contributed by atoms with Gasteiger partial charge in [0.05, 0.1) is 22.4 Å². The normalized spacial score (nSPS) is 11.9. The van der Waals surface area contributed by atoms with Gasteiger partial charge in [0.2, 0.25) is 5.91 Å². The number of carbonyl (C=O) groups excluding carboxylic acids is 2. The molecule has 196 valence electrons. The first-order chi connectivity index (χ1) is 17.6. The SMILES string of the molecule is C=CCn1c(SCC(=O)Nc2ccc(Br)cc2C)nnc1[C@@H](CC(C)C)NC(=O)c1ccc(Cl)cc1Cl. The van der Waals surface area contributed by atoms with Gasteiger partial charge in [-0.05, 0) is 61.2 Å². The lowest BCUT2D eigenvalue weighted by Crippen LogP contribution is -2.32. The third-order valence-corrected chi connectivity index (χ3v) is 7.36. The predicted octanol–water partition coefficient (Wildman–Crippen LogP) is 7.09. The summed E-state index contributed by atoms with van der Waals surface area (Å²) in [6, 6.07) is 9.99. The molecule has 0 saturated carbocycles. The molecular weight excluding hydrogens is 597 g/mol. The van der Waals surface area contributed by atoms with Crippen molar-refractivity contribution < 1.29 is 9.59 Å². The van der Waals surface area contributed by atoms with Crippen LogP contribution in [0.2, 0.25) is 10.0 Å². The van der Waals surface area contributed by atoms with Crippen molar-refractivity contribution in [3.05, 3.63) is 80.5 Å². The van der Waals surface area contributed by atoms with E-state index in [2.05, 4.69) is 57.2 Å². The number of allylic oxidation sites excluding steroid dienone is 1. The zero-order chi connectivity index (χ0) is 27.1. The summed E-state index contributed by atoms with van der Waals surface area (Å²) in [5.41, 5.74) is 2.03. The van der Waals surface area contributed by atoms with Crippen LogP contribution in [0.4, 0.5) is 5.69 Å². The molecule has 7 nitrogen and oxygen atoms in total. The highest BCUT2D eigenvalue weighted by molar-refractivity contribution is 9.10. The van der Waals surface area contributed by atoms with Gasteiger partial charge in [-0.2, -0.15) is 0 Å². The molecule has 0 aliphatic heterocycles. The molecule has 2 amide bonds. The van der Waals surface area contributed by atoms with Crippen LogP contribution in [-0.2, 0) is 11.3 Å². The number of amides is 2. The Balaban J connectivity index is 1.79. The lowest BCUT2D eigenvalue weighted by Gasteiger charge is -2.21. The second-order valence-corrected chi connectivity index (χ2v) is 11.5. The summed E-state index contributed by atoms with van der Waals surface area (Å²) in [6.07, 6.45) is 2.35. The minimum Gasteiger partial charge on any atom is -0.342 e. The number of hydrogen-bond acceptors (Lipinski definition) is 5. The number of rotatable bonds is 11. The van der Waals surface area contributed by atoms with Gasteiger partial charge in [-0.3, -0.25) is 9.59 Å². The molecule has 0 fully saturated rings. The lowest BCUT2D eigenvalue weighted by atomic mass is 10.0. The molecule has 3 aromatic rings. The van der Waals surface area contributed by atoms with E-state index in [-0.39, 0.29) is 28.5 Å². The fourth-order valence-corrected chi connectivity index (χ4v) is 5.38. The van der Waals surface area contributed by atoms with Gasteiger partial charge >= 0.3 is 0 Å². The first-order valence-corrected chi connectivity index (χ1v) is 14.1. The second-order valence-electron chi connectivity index (χ2n) is 8.82. The maximum Gasteiger partial charge on any atom is 0.253 e. The Morgan fingerprint density at radius 2 is 1.95 bits per heavy atom. The zero-order valence-corrected chi connectivity index (χ0v) is 24.6. The topological polar surface area (TPSA) is 88.9 Å². The van der Waals surface area contributed by atoms with Crippen LogP contribution in [0.5, 0.6) is 0 Å². The predicted molar refractivity (Wildman–Crippen MR) is 155 cm³/mol. The van der Waals surface area contributed by atoms with E-state index < -0.39 is 6.04 Å². The molecule has 0 unspecified atom stereocenters. The molecule has 37 heavy (non-hydrogen) atoms. The number of thioether (sulfide) groups is 1. The van der Waals surface area contributed by atoms with E-state index in [1.807, 2.05) is 29.7 Å². The Bertz CT molecular complexity index is 1300. The van der Waals surface area contributed by atoms with Gasteiger partial charge in [0.1, 0.15) is 0 Å². The summed E-state index contributed by atoms with van der Waals surface area (Å²) in [5, 5.41) is 16.0. The molecule has 0 radical (unpaired) electrons. The molecule has 1 aromatic heterocycles. The van der Waals surface area contributed by atoms with Crippen molar-refractivity contribution in [1.29, 1.82) is 0 Å². The number of aromatic nitrogens is 3. The van der Waals surface area contributed by atoms with Crippen LogP contribution in [0.25, 0.3) is 0 Å². The van der Waals surface area contributed by atoms with Gasteiger partial charge in [0.15, 0.2) is 11.0 Å². The highest BCUT2D eigenvalue weighted by Crippen LogP contribution is 2.27. The highest BCUT2D eigenvalue weighted by atomic mass is 79.9. The Hall–Kier alpha value is -2.33. The van der Waals surface area contributed by atoms with Crippen molar-refractivity contribution in [2.24, 2.45) is 5.92 Å². The van der Waals surface area contributed by atoms with Crippen molar-refractivity contribution >= 4 is 68.4 Å². The summed E-state index contributed by atoms with van der Waals surface area (Å²) in [5.74, 6) is 0.495. The van der Waals surface area contributed by atoms with Crippen LogP contribution >= 0.6 is 50.9 Å². The Kier molecular flexibility index (Phi) is 10.6. The fourth-order valence-electron chi connectivity index (χ4n) is 3.66. The van der Waals surface area contributed by atoms with E-state index in [9.17, 15) is 9.59 Å². The number of nitrogens with zero attached hydrogens (tertiary/aromatic N) is 3. The number of benzene rings is 2. The van der Waals surface area contributed by atoms with E-state index in [4.69, 9.17) is 23.2 Å².